The van der Waals surface area contributed by atoms with Gasteiger partial charge in [-0.05, 0) is 24.7 Å². The van der Waals surface area contributed by atoms with E-state index in [4.69, 9.17) is 9.47 Å². The molecule has 2 nitrogen and oxygen atoms in total. The molecular formula is C16H26O2. The molecule has 0 saturated heterocycles. The molecule has 0 heterocycles. The highest BCUT2D eigenvalue weighted by Crippen LogP contribution is 2.42. The highest BCUT2D eigenvalue weighted by Gasteiger charge is 2.38. The van der Waals surface area contributed by atoms with Crippen molar-refractivity contribution in [3.63, 3.8) is 0 Å². The van der Waals surface area contributed by atoms with Crippen LogP contribution in [-0.2, 0) is 9.47 Å². The van der Waals surface area contributed by atoms with Gasteiger partial charge in [0.15, 0.2) is 0 Å². The molecule has 0 aromatic rings. The second kappa shape index (κ2) is 7.10. The zero-order valence-corrected chi connectivity index (χ0v) is 11.4. The van der Waals surface area contributed by atoms with Gasteiger partial charge in [-0.1, -0.05) is 37.8 Å². The van der Waals surface area contributed by atoms with E-state index in [1.807, 2.05) is 12.2 Å². The molecule has 0 radical (unpaired) electrons. The largest absolute Gasteiger partial charge is 0.371 e. The standard InChI is InChI=1S/C16H26O2/c1-3-9-17-15-11-13-7-5-6-8-14(13)12-16(15)18-10-4-2/h3-4,13-16H,1-2,5-12H2/t13?,14?,15-,16-/m0/s1. The van der Waals surface area contributed by atoms with Gasteiger partial charge in [-0.2, -0.15) is 0 Å². The average Bonchev–Trinajstić information content (AvgIpc) is 2.42. The number of hydrogen-bond donors (Lipinski definition) is 0. The highest BCUT2D eigenvalue weighted by atomic mass is 16.5. The van der Waals surface area contributed by atoms with Crippen molar-refractivity contribution >= 4 is 0 Å². The van der Waals surface area contributed by atoms with Crippen LogP contribution in [0.2, 0.25) is 0 Å². The summed E-state index contributed by atoms with van der Waals surface area (Å²) in [4.78, 5) is 0. The highest BCUT2D eigenvalue weighted by molar-refractivity contribution is 4.90. The number of fused-ring (bicyclic) bond motifs is 1. The minimum Gasteiger partial charge on any atom is -0.371 e. The van der Waals surface area contributed by atoms with Crippen molar-refractivity contribution in [2.45, 2.75) is 50.7 Å². The Bertz CT molecular complexity index is 246. The smallest absolute Gasteiger partial charge is 0.0843 e. The Labute approximate surface area is 111 Å². The van der Waals surface area contributed by atoms with Crippen LogP contribution < -0.4 is 0 Å². The van der Waals surface area contributed by atoms with E-state index in [-0.39, 0.29) is 12.2 Å². The van der Waals surface area contributed by atoms with Gasteiger partial charge in [-0.25, -0.2) is 0 Å². The fourth-order valence-electron chi connectivity index (χ4n) is 3.54. The first-order valence-electron chi connectivity index (χ1n) is 7.30. The molecule has 0 amide bonds. The van der Waals surface area contributed by atoms with Gasteiger partial charge in [-0.15, -0.1) is 13.2 Å². The van der Waals surface area contributed by atoms with E-state index in [0.717, 1.165) is 11.8 Å². The molecule has 0 bridgehead atoms. The third-order valence-electron chi connectivity index (χ3n) is 4.41. The maximum Gasteiger partial charge on any atom is 0.0843 e. The van der Waals surface area contributed by atoms with Gasteiger partial charge in [-0.3, -0.25) is 0 Å². The molecule has 0 aliphatic heterocycles. The molecule has 102 valence electrons. The molecule has 0 spiro atoms. The van der Waals surface area contributed by atoms with E-state index in [0.29, 0.717) is 13.2 Å². The quantitative estimate of drug-likeness (QED) is 0.669. The molecule has 2 fully saturated rings. The average molecular weight is 250 g/mol. The first-order valence-corrected chi connectivity index (χ1v) is 7.30. The maximum atomic E-state index is 5.91. The maximum absolute atomic E-state index is 5.91. The van der Waals surface area contributed by atoms with Crippen molar-refractivity contribution in [2.24, 2.45) is 11.8 Å². The summed E-state index contributed by atoms with van der Waals surface area (Å²) in [5, 5.41) is 0. The van der Waals surface area contributed by atoms with Crippen LogP contribution in [0.4, 0.5) is 0 Å². The predicted octanol–water partition coefficient (Wildman–Crippen LogP) is 3.73. The van der Waals surface area contributed by atoms with Gasteiger partial charge in [0.2, 0.25) is 0 Å². The molecule has 2 rings (SSSR count). The van der Waals surface area contributed by atoms with Crippen molar-refractivity contribution in [3.8, 4) is 0 Å². The summed E-state index contributed by atoms with van der Waals surface area (Å²) in [6.07, 6.45) is 12.1. The lowest BCUT2D eigenvalue weighted by atomic mass is 9.69. The van der Waals surface area contributed by atoms with E-state index in [2.05, 4.69) is 13.2 Å². The van der Waals surface area contributed by atoms with E-state index in [1.165, 1.54) is 38.5 Å². The molecule has 2 unspecified atom stereocenters. The van der Waals surface area contributed by atoms with E-state index in [9.17, 15) is 0 Å². The summed E-state index contributed by atoms with van der Waals surface area (Å²) in [5.41, 5.74) is 0. The van der Waals surface area contributed by atoms with Gasteiger partial charge in [0, 0.05) is 0 Å². The summed E-state index contributed by atoms with van der Waals surface area (Å²) >= 11 is 0. The number of hydrogen-bond acceptors (Lipinski definition) is 2. The normalized spacial score (nSPS) is 35.8. The molecule has 2 aliphatic carbocycles. The van der Waals surface area contributed by atoms with Crippen LogP contribution in [0.15, 0.2) is 25.3 Å². The minimum atomic E-state index is 0.252. The summed E-state index contributed by atoms with van der Waals surface area (Å²) < 4.78 is 11.8. The lowest BCUT2D eigenvalue weighted by Gasteiger charge is -2.43. The molecule has 2 saturated carbocycles. The van der Waals surface area contributed by atoms with E-state index < -0.39 is 0 Å². The lowest BCUT2D eigenvalue weighted by Crippen LogP contribution is -2.43. The Morgan fingerprint density at radius 1 is 0.833 bits per heavy atom. The predicted molar refractivity (Wildman–Crippen MR) is 74.6 cm³/mol. The van der Waals surface area contributed by atoms with Crippen LogP contribution in [0.5, 0.6) is 0 Å². The Hall–Kier alpha value is -0.600. The third-order valence-corrected chi connectivity index (χ3v) is 4.41. The van der Waals surface area contributed by atoms with Crippen molar-refractivity contribution in [1.82, 2.24) is 0 Å². The summed E-state index contributed by atoms with van der Waals surface area (Å²) in [6, 6.07) is 0. The number of rotatable bonds is 6. The van der Waals surface area contributed by atoms with Crippen LogP contribution in [-0.4, -0.2) is 25.4 Å². The van der Waals surface area contributed by atoms with Crippen LogP contribution in [0.25, 0.3) is 0 Å². The Kier molecular flexibility index (Phi) is 5.45. The third kappa shape index (κ3) is 3.46. The fraction of sp³-hybridized carbons (Fsp3) is 0.750. The molecule has 2 aliphatic rings. The second-order valence-electron chi connectivity index (χ2n) is 5.60. The molecule has 0 aromatic heterocycles. The summed E-state index contributed by atoms with van der Waals surface area (Å²) in [7, 11) is 0. The zero-order valence-electron chi connectivity index (χ0n) is 11.4. The van der Waals surface area contributed by atoms with Crippen LogP contribution in [0.3, 0.4) is 0 Å². The molecule has 0 aromatic carbocycles. The molecule has 4 atom stereocenters. The monoisotopic (exact) mass is 250 g/mol. The van der Waals surface area contributed by atoms with Crippen molar-refractivity contribution in [2.75, 3.05) is 13.2 Å². The number of ether oxygens (including phenoxy) is 2. The Morgan fingerprint density at radius 3 is 1.67 bits per heavy atom. The molecule has 0 N–H and O–H groups in total. The van der Waals surface area contributed by atoms with Gasteiger partial charge in [0.1, 0.15) is 0 Å². The zero-order chi connectivity index (χ0) is 12.8. The first kappa shape index (κ1) is 13.8. The SMILES string of the molecule is C=CCO[C@H]1CC2CCCCC2C[C@@H]1OCC=C. The van der Waals surface area contributed by atoms with Crippen molar-refractivity contribution in [1.29, 1.82) is 0 Å². The lowest BCUT2D eigenvalue weighted by molar-refractivity contribution is -0.110. The van der Waals surface area contributed by atoms with E-state index >= 15 is 0 Å². The van der Waals surface area contributed by atoms with Crippen LogP contribution >= 0.6 is 0 Å². The fourth-order valence-corrected chi connectivity index (χ4v) is 3.54. The van der Waals surface area contributed by atoms with Gasteiger partial charge in [0.25, 0.3) is 0 Å². The molecule has 18 heavy (non-hydrogen) atoms. The molecule has 2 heteroatoms. The molecular weight excluding hydrogens is 224 g/mol. The Morgan fingerprint density at radius 2 is 1.28 bits per heavy atom. The van der Waals surface area contributed by atoms with Gasteiger partial charge in [0.05, 0.1) is 25.4 Å². The van der Waals surface area contributed by atoms with Gasteiger partial charge < -0.3 is 9.47 Å². The topological polar surface area (TPSA) is 18.5 Å². The van der Waals surface area contributed by atoms with Gasteiger partial charge >= 0.3 is 0 Å². The van der Waals surface area contributed by atoms with E-state index in [1.54, 1.807) is 0 Å². The first-order chi connectivity index (χ1) is 8.85. The minimum absolute atomic E-state index is 0.252. The van der Waals surface area contributed by atoms with Crippen molar-refractivity contribution < 1.29 is 9.47 Å². The van der Waals surface area contributed by atoms with Crippen molar-refractivity contribution in [3.05, 3.63) is 25.3 Å². The summed E-state index contributed by atoms with van der Waals surface area (Å²) in [6.45, 7) is 8.73. The second-order valence-corrected chi connectivity index (χ2v) is 5.60. The summed E-state index contributed by atoms with van der Waals surface area (Å²) in [5.74, 6) is 1.72. The van der Waals surface area contributed by atoms with Crippen LogP contribution in [0, 0.1) is 11.8 Å². The Balaban J connectivity index is 1.94. The van der Waals surface area contributed by atoms with Crippen LogP contribution in [0.1, 0.15) is 38.5 Å².